The number of carbonyl (C=O) groups is 2. The Labute approximate surface area is 152 Å². The van der Waals surface area contributed by atoms with E-state index >= 15 is 0 Å². The van der Waals surface area contributed by atoms with E-state index < -0.39 is 0 Å². The first-order valence-corrected chi connectivity index (χ1v) is 8.05. The predicted octanol–water partition coefficient (Wildman–Crippen LogP) is 3.69. The van der Waals surface area contributed by atoms with Gasteiger partial charge in [0, 0.05) is 24.0 Å². The summed E-state index contributed by atoms with van der Waals surface area (Å²) in [5.41, 5.74) is 1.65. The molecule has 0 saturated carbocycles. The molecule has 6 heteroatoms. The van der Waals surface area contributed by atoms with E-state index in [4.69, 9.17) is 14.2 Å². The lowest BCUT2D eigenvalue weighted by Gasteiger charge is -2.08. The van der Waals surface area contributed by atoms with E-state index in [1.807, 2.05) is 0 Å². The third-order valence-electron chi connectivity index (χ3n) is 3.55. The summed E-state index contributed by atoms with van der Waals surface area (Å²) in [5, 5.41) is 2.98. The van der Waals surface area contributed by atoms with Crippen LogP contribution in [-0.2, 0) is 4.74 Å². The predicted molar refractivity (Wildman–Crippen MR) is 99.0 cm³/mol. The lowest BCUT2D eigenvalue weighted by atomic mass is 10.1. The second-order valence-electron chi connectivity index (χ2n) is 5.21. The number of anilines is 1. The third-order valence-corrected chi connectivity index (χ3v) is 3.55. The van der Waals surface area contributed by atoms with Crippen molar-refractivity contribution in [3.63, 3.8) is 0 Å². The Balaban J connectivity index is 2.02. The van der Waals surface area contributed by atoms with E-state index in [9.17, 15) is 9.59 Å². The van der Waals surface area contributed by atoms with Crippen molar-refractivity contribution in [2.75, 3.05) is 26.1 Å². The Morgan fingerprint density at radius 1 is 1.04 bits per heavy atom. The lowest BCUT2D eigenvalue weighted by Crippen LogP contribution is -2.04. The number of hydrogen-bond donors (Lipinski definition) is 1. The average Bonchev–Trinajstić information content (AvgIpc) is 2.68. The zero-order valence-corrected chi connectivity index (χ0v) is 14.9. The highest BCUT2D eigenvalue weighted by atomic mass is 16.5. The maximum absolute atomic E-state index is 12.3. The largest absolute Gasteiger partial charge is 0.497 e. The van der Waals surface area contributed by atoms with Crippen LogP contribution in [-0.4, -0.2) is 32.6 Å². The first-order valence-electron chi connectivity index (χ1n) is 8.05. The van der Waals surface area contributed by atoms with Gasteiger partial charge in [0.15, 0.2) is 5.78 Å². The van der Waals surface area contributed by atoms with Gasteiger partial charge in [0.05, 0.1) is 32.0 Å². The van der Waals surface area contributed by atoms with Crippen LogP contribution in [0.15, 0.2) is 54.7 Å². The molecule has 1 N–H and O–H groups in total. The van der Waals surface area contributed by atoms with Crippen LogP contribution in [0.5, 0.6) is 11.5 Å². The number of methoxy groups -OCH3 is 2. The normalized spacial score (nSPS) is 10.4. The van der Waals surface area contributed by atoms with Gasteiger partial charge in [0.2, 0.25) is 0 Å². The minimum Gasteiger partial charge on any atom is -0.497 e. The Morgan fingerprint density at radius 3 is 2.38 bits per heavy atom. The molecule has 0 unspecified atom stereocenters. The second kappa shape index (κ2) is 9.27. The van der Waals surface area contributed by atoms with Crippen LogP contribution in [0.4, 0.5) is 5.69 Å². The van der Waals surface area contributed by atoms with Crippen LogP contribution in [0.1, 0.15) is 27.6 Å². The fourth-order valence-corrected chi connectivity index (χ4v) is 2.22. The zero-order chi connectivity index (χ0) is 18.9. The summed E-state index contributed by atoms with van der Waals surface area (Å²) in [6.45, 7) is 2.09. The summed E-state index contributed by atoms with van der Waals surface area (Å²) >= 11 is 0. The van der Waals surface area contributed by atoms with Crippen molar-refractivity contribution in [1.82, 2.24) is 0 Å². The summed E-state index contributed by atoms with van der Waals surface area (Å²) < 4.78 is 15.3. The molecule has 0 radical (unpaired) electrons. The first kappa shape index (κ1) is 19.1. The van der Waals surface area contributed by atoms with Crippen molar-refractivity contribution in [3.8, 4) is 11.5 Å². The van der Waals surface area contributed by atoms with Gasteiger partial charge >= 0.3 is 5.97 Å². The number of hydrogen-bond acceptors (Lipinski definition) is 6. The summed E-state index contributed by atoms with van der Waals surface area (Å²) in [6, 6.07) is 11.8. The third kappa shape index (κ3) is 4.86. The maximum Gasteiger partial charge on any atom is 0.338 e. The molecule has 0 aliphatic heterocycles. The number of allylic oxidation sites excluding steroid dienone is 1. The average molecular weight is 355 g/mol. The standard InChI is InChI=1S/C20H21NO5/c1-4-26-20(23)14-5-7-15(8-6-14)21-12-11-18(22)17-10-9-16(24-2)13-19(17)25-3/h5-13,21H,4H2,1-3H3/b12-11+. The van der Waals surface area contributed by atoms with Crippen LogP contribution in [0.3, 0.4) is 0 Å². The van der Waals surface area contributed by atoms with Crippen LogP contribution in [0.2, 0.25) is 0 Å². The molecule has 0 fully saturated rings. The molecule has 136 valence electrons. The highest BCUT2D eigenvalue weighted by Crippen LogP contribution is 2.25. The highest BCUT2D eigenvalue weighted by Gasteiger charge is 2.10. The molecule has 0 heterocycles. The molecule has 0 aliphatic rings. The monoisotopic (exact) mass is 355 g/mol. The van der Waals surface area contributed by atoms with Gasteiger partial charge < -0.3 is 19.5 Å². The summed E-state index contributed by atoms with van der Waals surface area (Å²) in [4.78, 5) is 23.9. The molecule has 26 heavy (non-hydrogen) atoms. The molecule has 2 aromatic carbocycles. The van der Waals surface area contributed by atoms with Crippen LogP contribution >= 0.6 is 0 Å². The van der Waals surface area contributed by atoms with Crippen molar-refractivity contribution < 1.29 is 23.8 Å². The molecule has 0 saturated heterocycles. The van der Waals surface area contributed by atoms with Gasteiger partial charge in [-0.3, -0.25) is 4.79 Å². The first-order chi connectivity index (χ1) is 12.6. The molecule has 0 atom stereocenters. The van der Waals surface area contributed by atoms with Gasteiger partial charge in [0.25, 0.3) is 0 Å². The minimum atomic E-state index is -0.364. The van der Waals surface area contributed by atoms with Gasteiger partial charge in [-0.25, -0.2) is 4.79 Å². The SMILES string of the molecule is CCOC(=O)c1ccc(N/C=C/C(=O)c2ccc(OC)cc2OC)cc1. The van der Waals surface area contributed by atoms with E-state index in [0.29, 0.717) is 29.2 Å². The summed E-state index contributed by atoms with van der Waals surface area (Å²) in [6.07, 6.45) is 2.94. The van der Waals surface area contributed by atoms with E-state index in [1.54, 1.807) is 56.5 Å². The number of esters is 1. The van der Waals surface area contributed by atoms with E-state index in [-0.39, 0.29) is 11.8 Å². The van der Waals surface area contributed by atoms with Crippen molar-refractivity contribution in [1.29, 1.82) is 0 Å². The molecule has 0 bridgehead atoms. The number of ether oxygens (including phenoxy) is 3. The molecule has 0 aliphatic carbocycles. The Bertz CT molecular complexity index is 796. The Hall–Kier alpha value is -3.28. The molecule has 0 spiro atoms. The second-order valence-corrected chi connectivity index (χ2v) is 5.21. The quantitative estimate of drug-likeness (QED) is 0.442. The van der Waals surface area contributed by atoms with Crippen molar-refractivity contribution in [2.24, 2.45) is 0 Å². The minimum absolute atomic E-state index is 0.208. The Morgan fingerprint density at radius 2 is 1.77 bits per heavy atom. The van der Waals surface area contributed by atoms with E-state index in [2.05, 4.69) is 5.32 Å². The fourth-order valence-electron chi connectivity index (χ4n) is 2.22. The number of nitrogens with one attached hydrogen (secondary N) is 1. The van der Waals surface area contributed by atoms with E-state index in [1.165, 1.54) is 19.4 Å². The van der Waals surface area contributed by atoms with Crippen molar-refractivity contribution in [2.45, 2.75) is 6.92 Å². The molecular formula is C20H21NO5. The topological polar surface area (TPSA) is 73.9 Å². The lowest BCUT2D eigenvalue weighted by molar-refractivity contribution is 0.0526. The van der Waals surface area contributed by atoms with Gasteiger partial charge in [-0.2, -0.15) is 0 Å². The zero-order valence-electron chi connectivity index (χ0n) is 14.9. The van der Waals surface area contributed by atoms with Crippen LogP contribution < -0.4 is 14.8 Å². The molecule has 6 nitrogen and oxygen atoms in total. The van der Waals surface area contributed by atoms with Crippen LogP contribution in [0.25, 0.3) is 0 Å². The van der Waals surface area contributed by atoms with Gasteiger partial charge in [-0.1, -0.05) is 0 Å². The molecule has 2 aromatic rings. The van der Waals surface area contributed by atoms with Gasteiger partial charge in [-0.15, -0.1) is 0 Å². The van der Waals surface area contributed by atoms with Gasteiger partial charge in [-0.05, 0) is 43.3 Å². The summed E-state index contributed by atoms with van der Waals surface area (Å²) in [5.74, 6) is 0.483. The molecule has 0 amide bonds. The van der Waals surface area contributed by atoms with Crippen molar-refractivity contribution >= 4 is 17.4 Å². The highest BCUT2D eigenvalue weighted by molar-refractivity contribution is 6.06. The fraction of sp³-hybridized carbons (Fsp3) is 0.200. The summed E-state index contributed by atoms with van der Waals surface area (Å²) in [7, 11) is 3.05. The molecule has 2 rings (SSSR count). The molecule has 0 aromatic heterocycles. The number of ketones is 1. The Kier molecular flexibility index (Phi) is 6.79. The van der Waals surface area contributed by atoms with Crippen LogP contribution in [0, 0.1) is 0 Å². The smallest absolute Gasteiger partial charge is 0.338 e. The maximum atomic E-state index is 12.3. The number of benzene rings is 2. The number of carbonyl (C=O) groups excluding carboxylic acids is 2. The molecular weight excluding hydrogens is 334 g/mol. The number of rotatable bonds is 8. The van der Waals surface area contributed by atoms with E-state index in [0.717, 1.165) is 5.69 Å². The van der Waals surface area contributed by atoms with Gasteiger partial charge in [0.1, 0.15) is 11.5 Å². The van der Waals surface area contributed by atoms with Crippen molar-refractivity contribution in [3.05, 3.63) is 65.9 Å².